The van der Waals surface area contributed by atoms with Crippen molar-refractivity contribution >= 4 is 26.9 Å². The number of sulfonamides is 1. The molecule has 0 radical (unpaired) electrons. The Balaban J connectivity index is 2.32. The molecule has 0 aliphatic carbocycles. The molecule has 0 saturated carbocycles. The Morgan fingerprint density at radius 1 is 1.23 bits per heavy atom. The van der Waals surface area contributed by atoms with Gasteiger partial charge < -0.3 is 9.67 Å². The lowest BCUT2D eigenvalue weighted by molar-refractivity contribution is 0.0697. The molecular weight excluding hydrogens is 407 g/mol. The van der Waals surface area contributed by atoms with Crippen molar-refractivity contribution in [1.29, 1.82) is 0 Å². The summed E-state index contributed by atoms with van der Waals surface area (Å²) in [6.45, 7) is 3.67. The van der Waals surface area contributed by atoms with Crippen molar-refractivity contribution in [2.75, 3.05) is 7.05 Å². The summed E-state index contributed by atoms with van der Waals surface area (Å²) < 4.78 is 42.9. The van der Waals surface area contributed by atoms with Gasteiger partial charge in [0.05, 0.1) is 17.0 Å². The molecule has 8 heteroatoms. The Bertz CT molecular complexity index is 1260. The summed E-state index contributed by atoms with van der Waals surface area (Å²) in [6.07, 6.45) is 2.06. The number of rotatable bonds is 7. The molecule has 0 amide bonds. The fraction of sp³-hybridized carbons (Fsp3) is 0.227. The number of fused-ring (bicyclic) bond motifs is 1. The maximum Gasteiger partial charge on any atom is 0.335 e. The van der Waals surface area contributed by atoms with Crippen LogP contribution in [0.5, 0.6) is 0 Å². The summed E-state index contributed by atoms with van der Waals surface area (Å²) in [4.78, 5) is 11.6. The number of benzene rings is 2. The number of nitrogens with zero attached hydrogens (tertiary/aromatic N) is 1. The number of hydrogen-bond donors (Lipinski definition) is 2. The van der Waals surface area contributed by atoms with Gasteiger partial charge in [-0.15, -0.1) is 0 Å². The predicted molar refractivity (Wildman–Crippen MR) is 115 cm³/mol. The van der Waals surface area contributed by atoms with E-state index < -0.39 is 16.0 Å². The molecule has 0 aliphatic heterocycles. The zero-order chi connectivity index (χ0) is 22.1. The van der Waals surface area contributed by atoms with E-state index in [0.29, 0.717) is 34.1 Å². The number of halogens is 1. The molecule has 3 rings (SSSR count). The smallest absolute Gasteiger partial charge is 0.335 e. The minimum Gasteiger partial charge on any atom is -0.478 e. The highest BCUT2D eigenvalue weighted by molar-refractivity contribution is 7.89. The average Bonchev–Trinajstić information content (AvgIpc) is 2.99. The van der Waals surface area contributed by atoms with Crippen molar-refractivity contribution < 1.29 is 22.7 Å². The van der Waals surface area contributed by atoms with Crippen LogP contribution in [0.4, 0.5) is 4.39 Å². The molecular formula is C22H23FN2O4S. The van der Waals surface area contributed by atoms with Crippen LogP contribution in [0.2, 0.25) is 0 Å². The monoisotopic (exact) mass is 430 g/mol. The molecule has 0 atom stereocenters. The van der Waals surface area contributed by atoms with Crippen molar-refractivity contribution in [3.63, 3.8) is 0 Å². The molecule has 1 aromatic heterocycles. The molecule has 0 saturated heterocycles. The molecule has 0 aliphatic rings. The van der Waals surface area contributed by atoms with E-state index >= 15 is 0 Å². The maximum atomic E-state index is 14.3. The van der Waals surface area contributed by atoms with Gasteiger partial charge in [0.25, 0.3) is 0 Å². The second kappa shape index (κ2) is 8.41. The maximum absolute atomic E-state index is 14.3. The van der Waals surface area contributed by atoms with E-state index in [9.17, 15) is 22.7 Å². The molecule has 6 nitrogen and oxygen atoms in total. The lowest BCUT2D eigenvalue weighted by Gasteiger charge is -2.09. The largest absolute Gasteiger partial charge is 0.478 e. The van der Waals surface area contributed by atoms with Crippen LogP contribution in [0.15, 0.2) is 59.3 Å². The van der Waals surface area contributed by atoms with Gasteiger partial charge in [-0.2, -0.15) is 0 Å². The summed E-state index contributed by atoms with van der Waals surface area (Å²) >= 11 is 0. The van der Waals surface area contributed by atoms with Crippen molar-refractivity contribution in [2.45, 2.75) is 31.7 Å². The van der Waals surface area contributed by atoms with Gasteiger partial charge in [-0.3, -0.25) is 0 Å². The molecule has 0 unspecified atom stereocenters. The Morgan fingerprint density at radius 2 is 1.97 bits per heavy atom. The van der Waals surface area contributed by atoms with E-state index in [1.165, 1.54) is 37.4 Å². The summed E-state index contributed by atoms with van der Waals surface area (Å²) in [5.74, 6) is -1.37. The second-order valence-corrected chi connectivity index (χ2v) is 8.76. The van der Waals surface area contributed by atoms with Crippen molar-refractivity contribution in [2.24, 2.45) is 0 Å². The summed E-state index contributed by atoms with van der Waals surface area (Å²) in [7, 11) is -2.32. The highest BCUT2D eigenvalue weighted by atomic mass is 32.2. The highest BCUT2D eigenvalue weighted by Crippen LogP contribution is 2.36. The fourth-order valence-electron chi connectivity index (χ4n) is 3.56. The number of carbonyl (C=O) groups is 1. The molecule has 30 heavy (non-hydrogen) atoms. The second-order valence-electron chi connectivity index (χ2n) is 6.88. The molecule has 2 aromatic carbocycles. The molecule has 0 fully saturated rings. The third kappa shape index (κ3) is 4.01. The van der Waals surface area contributed by atoms with Gasteiger partial charge in [0.2, 0.25) is 10.0 Å². The van der Waals surface area contributed by atoms with E-state index in [0.717, 1.165) is 0 Å². The van der Waals surface area contributed by atoms with E-state index in [2.05, 4.69) is 4.72 Å². The fourth-order valence-corrected chi connectivity index (χ4v) is 4.33. The number of aromatic nitrogens is 1. The van der Waals surface area contributed by atoms with Gasteiger partial charge in [-0.05, 0) is 56.3 Å². The third-order valence-corrected chi connectivity index (χ3v) is 6.42. The summed E-state index contributed by atoms with van der Waals surface area (Å²) in [5, 5.41) is 10.0. The number of allylic oxidation sites excluding steroid dienone is 2. The van der Waals surface area contributed by atoms with Gasteiger partial charge in [0, 0.05) is 22.2 Å². The first kappa shape index (κ1) is 21.7. The minimum atomic E-state index is -3.66. The van der Waals surface area contributed by atoms with E-state index in [1.54, 1.807) is 22.8 Å². The molecule has 3 aromatic rings. The topological polar surface area (TPSA) is 88.4 Å². The van der Waals surface area contributed by atoms with Gasteiger partial charge >= 0.3 is 5.97 Å². The normalized spacial score (nSPS) is 12.5. The van der Waals surface area contributed by atoms with Crippen LogP contribution in [0.3, 0.4) is 0 Å². The molecule has 158 valence electrons. The van der Waals surface area contributed by atoms with Gasteiger partial charge in [0.1, 0.15) is 5.83 Å². The van der Waals surface area contributed by atoms with Crippen LogP contribution < -0.4 is 4.72 Å². The van der Waals surface area contributed by atoms with Crippen molar-refractivity contribution in [1.82, 2.24) is 9.29 Å². The predicted octanol–water partition coefficient (Wildman–Crippen LogP) is 4.49. The molecule has 0 spiro atoms. The van der Waals surface area contributed by atoms with Gasteiger partial charge in [0.15, 0.2) is 0 Å². The SMILES string of the molecule is CC/C=C(\F)Cn1c(C)c(-c2cccc(S(=O)(=O)NC)c2)c2cc(C(=O)O)ccc21. The number of carboxylic acid groups (broad SMARTS) is 1. The van der Waals surface area contributed by atoms with Crippen LogP contribution >= 0.6 is 0 Å². The average molecular weight is 431 g/mol. The van der Waals surface area contributed by atoms with Crippen LogP contribution in [0.1, 0.15) is 29.4 Å². The first-order valence-electron chi connectivity index (χ1n) is 9.44. The van der Waals surface area contributed by atoms with E-state index in [-0.39, 0.29) is 22.8 Å². The number of aromatic carboxylic acids is 1. The van der Waals surface area contributed by atoms with E-state index in [4.69, 9.17) is 0 Å². The molecule has 1 heterocycles. The van der Waals surface area contributed by atoms with Gasteiger partial charge in [-0.1, -0.05) is 25.1 Å². The lowest BCUT2D eigenvalue weighted by Crippen LogP contribution is -2.18. The molecule has 2 N–H and O–H groups in total. The minimum absolute atomic E-state index is 0.0110. The zero-order valence-corrected chi connectivity index (χ0v) is 17.8. The zero-order valence-electron chi connectivity index (χ0n) is 16.9. The van der Waals surface area contributed by atoms with E-state index in [1.807, 2.05) is 13.8 Å². The van der Waals surface area contributed by atoms with Crippen molar-refractivity contribution in [3.8, 4) is 11.1 Å². The standard InChI is InChI=1S/C22H23FN2O4S/c1-4-6-17(23)13-25-14(2)21(19-12-16(22(26)27)9-10-20(19)25)15-7-5-8-18(11-15)30(28,29)24-3/h5-12,24H,4,13H2,1-3H3,(H,26,27)/b17-6-. The number of nitrogens with one attached hydrogen (secondary N) is 1. The van der Waals surface area contributed by atoms with Crippen LogP contribution in [-0.4, -0.2) is 31.1 Å². The number of hydrogen-bond acceptors (Lipinski definition) is 3. The Labute approximate surface area is 174 Å². The summed E-state index contributed by atoms with van der Waals surface area (Å²) in [6, 6.07) is 11.1. The molecule has 0 bridgehead atoms. The highest BCUT2D eigenvalue weighted by Gasteiger charge is 2.20. The van der Waals surface area contributed by atoms with Crippen LogP contribution in [0.25, 0.3) is 22.0 Å². The van der Waals surface area contributed by atoms with Crippen LogP contribution in [0, 0.1) is 6.92 Å². The van der Waals surface area contributed by atoms with Gasteiger partial charge in [-0.25, -0.2) is 22.3 Å². The Morgan fingerprint density at radius 3 is 2.60 bits per heavy atom. The summed E-state index contributed by atoms with van der Waals surface area (Å²) in [5.41, 5.74) is 2.77. The van der Waals surface area contributed by atoms with Crippen molar-refractivity contribution in [3.05, 3.63) is 65.6 Å². The Hall–Kier alpha value is -2.97. The third-order valence-electron chi connectivity index (χ3n) is 5.01. The number of carboxylic acids is 1. The quantitative estimate of drug-likeness (QED) is 0.578. The Kier molecular flexibility index (Phi) is 6.09. The first-order chi connectivity index (χ1) is 14.2. The first-order valence-corrected chi connectivity index (χ1v) is 10.9. The lowest BCUT2D eigenvalue weighted by atomic mass is 10.0. The van der Waals surface area contributed by atoms with Crippen LogP contribution in [-0.2, 0) is 16.6 Å².